The molecule has 0 bridgehead atoms. The van der Waals surface area contributed by atoms with Crippen LogP contribution < -0.4 is 5.32 Å². The first kappa shape index (κ1) is 12.3. The van der Waals surface area contributed by atoms with Crippen LogP contribution >= 0.6 is 0 Å². The topological polar surface area (TPSA) is 32.3 Å². The lowest BCUT2D eigenvalue weighted by Crippen LogP contribution is -2.39. The number of rotatable bonds is 5. The van der Waals surface area contributed by atoms with E-state index in [9.17, 15) is 4.79 Å². The third-order valence-electron chi connectivity index (χ3n) is 2.02. The lowest BCUT2D eigenvalue weighted by molar-refractivity contribution is 0.213. The van der Waals surface area contributed by atoms with E-state index in [1.165, 1.54) is 19.3 Å². The molecule has 0 aliphatic heterocycles. The fourth-order valence-electron chi connectivity index (χ4n) is 1.11. The van der Waals surface area contributed by atoms with Gasteiger partial charge in [-0.1, -0.05) is 26.2 Å². The molecule has 1 atom stereocenters. The lowest BCUT2D eigenvalue weighted by Gasteiger charge is -2.17. The number of carbonyl (C=O) groups is 1. The van der Waals surface area contributed by atoms with Crippen molar-refractivity contribution >= 4 is 6.03 Å². The first-order valence-corrected chi connectivity index (χ1v) is 5.05. The van der Waals surface area contributed by atoms with E-state index in [4.69, 9.17) is 0 Å². The lowest BCUT2D eigenvalue weighted by atomic mass is 10.1. The van der Waals surface area contributed by atoms with Crippen molar-refractivity contribution in [1.29, 1.82) is 0 Å². The molecule has 0 saturated heterocycles. The van der Waals surface area contributed by atoms with Crippen LogP contribution in [0, 0.1) is 0 Å². The van der Waals surface area contributed by atoms with Gasteiger partial charge in [-0.2, -0.15) is 0 Å². The van der Waals surface area contributed by atoms with E-state index in [1.807, 2.05) is 0 Å². The molecule has 1 N–H and O–H groups in total. The van der Waals surface area contributed by atoms with Crippen LogP contribution in [-0.2, 0) is 0 Å². The molecule has 0 aliphatic carbocycles. The first-order valence-electron chi connectivity index (χ1n) is 5.05. The number of unbranched alkanes of at least 4 members (excludes halogenated alkanes) is 2. The molecule has 0 aliphatic rings. The summed E-state index contributed by atoms with van der Waals surface area (Å²) in [5.41, 5.74) is 0. The molecule has 1 unspecified atom stereocenters. The van der Waals surface area contributed by atoms with Gasteiger partial charge < -0.3 is 10.2 Å². The van der Waals surface area contributed by atoms with Crippen molar-refractivity contribution in [3.05, 3.63) is 0 Å². The van der Waals surface area contributed by atoms with Gasteiger partial charge >= 0.3 is 6.03 Å². The van der Waals surface area contributed by atoms with Crippen molar-refractivity contribution in [2.75, 3.05) is 14.1 Å². The van der Waals surface area contributed by atoms with Crippen molar-refractivity contribution in [3.63, 3.8) is 0 Å². The highest BCUT2D eigenvalue weighted by atomic mass is 16.2. The number of amides is 2. The molecule has 0 spiro atoms. The maximum Gasteiger partial charge on any atom is 0.317 e. The highest BCUT2D eigenvalue weighted by molar-refractivity contribution is 5.73. The number of nitrogens with one attached hydrogen (secondary N) is 1. The molecule has 13 heavy (non-hydrogen) atoms. The van der Waals surface area contributed by atoms with E-state index >= 15 is 0 Å². The second-order valence-electron chi connectivity index (χ2n) is 3.74. The Morgan fingerprint density at radius 1 is 1.38 bits per heavy atom. The third-order valence-corrected chi connectivity index (χ3v) is 2.02. The number of hydrogen-bond donors (Lipinski definition) is 1. The van der Waals surface area contributed by atoms with Gasteiger partial charge in [0, 0.05) is 20.1 Å². The fourth-order valence-corrected chi connectivity index (χ4v) is 1.11. The van der Waals surface area contributed by atoms with Crippen LogP contribution in [-0.4, -0.2) is 31.1 Å². The van der Waals surface area contributed by atoms with E-state index in [0.29, 0.717) is 6.04 Å². The SMILES string of the molecule is CCCCCC(C)NC(=O)N(C)C. The van der Waals surface area contributed by atoms with E-state index < -0.39 is 0 Å². The van der Waals surface area contributed by atoms with Gasteiger partial charge in [-0.3, -0.25) is 0 Å². The molecule has 0 radical (unpaired) electrons. The normalized spacial score (nSPS) is 12.3. The Kier molecular flexibility index (Phi) is 6.37. The Hall–Kier alpha value is -0.730. The first-order chi connectivity index (χ1) is 6.07. The van der Waals surface area contributed by atoms with Crippen LogP contribution in [0.2, 0.25) is 0 Å². The number of urea groups is 1. The van der Waals surface area contributed by atoms with E-state index in [2.05, 4.69) is 19.2 Å². The van der Waals surface area contributed by atoms with Crippen molar-refractivity contribution in [3.8, 4) is 0 Å². The summed E-state index contributed by atoms with van der Waals surface area (Å²) in [6.45, 7) is 4.24. The van der Waals surface area contributed by atoms with E-state index in [1.54, 1.807) is 19.0 Å². The predicted octanol–water partition coefficient (Wildman–Crippen LogP) is 2.23. The number of nitrogens with zero attached hydrogens (tertiary/aromatic N) is 1. The minimum Gasteiger partial charge on any atom is -0.336 e. The zero-order valence-corrected chi connectivity index (χ0v) is 9.26. The van der Waals surface area contributed by atoms with Gasteiger partial charge in [0.2, 0.25) is 0 Å². The predicted molar refractivity (Wildman–Crippen MR) is 55.8 cm³/mol. The Balaban J connectivity index is 3.50. The zero-order valence-electron chi connectivity index (χ0n) is 9.26. The molecule has 2 amide bonds. The fraction of sp³-hybridized carbons (Fsp3) is 0.900. The van der Waals surface area contributed by atoms with Crippen molar-refractivity contribution in [2.45, 2.75) is 45.6 Å². The quantitative estimate of drug-likeness (QED) is 0.656. The van der Waals surface area contributed by atoms with Crippen LogP contribution in [0.15, 0.2) is 0 Å². The van der Waals surface area contributed by atoms with Crippen molar-refractivity contribution in [2.24, 2.45) is 0 Å². The smallest absolute Gasteiger partial charge is 0.317 e. The Bertz CT molecular complexity index is 146. The molecule has 0 rings (SSSR count). The van der Waals surface area contributed by atoms with Gasteiger partial charge in [0.1, 0.15) is 0 Å². The summed E-state index contributed by atoms with van der Waals surface area (Å²) in [4.78, 5) is 12.8. The van der Waals surface area contributed by atoms with Crippen LogP contribution in [0.25, 0.3) is 0 Å². The molecule has 0 aromatic carbocycles. The number of hydrogen-bond acceptors (Lipinski definition) is 1. The molecule has 0 saturated carbocycles. The standard InChI is InChI=1S/C10H22N2O/c1-5-6-7-8-9(2)11-10(13)12(3)4/h9H,5-8H2,1-4H3,(H,11,13). The van der Waals surface area contributed by atoms with Gasteiger partial charge in [-0.25, -0.2) is 4.79 Å². The van der Waals surface area contributed by atoms with Crippen molar-refractivity contribution < 1.29 is 4.79 Å². The highest BCUT2D eigenvalue weighted by Crippen LogP contribution is 2.02. The second-order valence-corrected chi connectivity index (χ2v) is 3.74. The highest BCUT2D eigenvalue weighted by Gasteiger charge is 2.07. The van der Waals surface area contributed by atoms with Gasteiger partial charge in [0.15, 0.2) is 0 Å². The van der Waals surface area contributed by atoms with Gasteiger partial charge in [-0.15, -0.1) is 0 Å². The second kappa shape index (κ2) is 6.75. The van der Waals surface area contributed by atoms with Gasteiger partial charge in [0.05, 0.1) is 0 Å². The maximum absolute atomic E-state index is 11.2. The minimum absolute atomic E-state index is 0.00370. The molecular formula is C10H22N2O. The van der Waals surface area contributed by atoms with Crippen LogP contribution in [0.4, 0.5) is 4.79 Å². The van der Waals surface area contributed by atoms with E-state index in [0.717, 1.165) is 6.42 Å². The summed E-state index contributed by atoms with van der Waals surface area (Å²) < 4.78 is 0. The molecule has 0 aromatic rings. The Morgan fingerprint density at radius 2 is 2.00 bits per heavy atom. The molecule has 78 valence electrons. The largest absolute Gasteiger partial charge is 0.336 e. The summed E-state index contributed by atoms with van der Waals surface area (Å²) in [6.07, 6.45) is 4.76. The van der Waals surface area contributed by atoms with Crippen LogP contribution in [0.3, 0.4) is 0 Å². The molecular weight excluding hydrogens is 164 g/mol. The molecule has 3 nitrogen and oxygen atoms in total. The Labute approximate surface area is 81.5 Å². The zero-order chi connectivity index (χ0) is 10.3. The molecule has 0 heterocycles. The summed E-state index contributed by atoms with van der Waals surface area (Å²) >= 11 is 0. The average molecular weight is 186 g/mol. The van der Waals surface area contributed by atoms with Crippen molar-refractivity contribution in [1.82, 2.24) is 10.2 Å². The molecule has 0 fully saturated rings. The number of carbonyl (C=O) groups excluding carboxylic acids is 1. The molecule has 3 heteroatoms. The van der Waals surface area contributed by atoms with Crippen LogP contribution in [0.5, 0.6) is 0 Å². The summed E-state index contributed by atoms with van der Waals surface area (Å²) in [6, 6.07) is 0.297. The summed E-state index contributed by atoms with van der Waals surface area (Å²) in [7, 11) is 3.52. The van der Waals surface area contributed by atoms with E-state index in [-0.39, 0.29) is 6.03 Å². The van der Waals surface area contributed by atoms with Gasteiger partial charge in [-0.05, 0) is 13.3 Å². The van der Waals surface area contributed by atoms with Gasteiger partial charge in [0.25, 0.3) is 0 Å². The van der Waals surface area contributed by atoms with Crippen LogP contribution in [0.1, 0.15) is 39.5 Å². The maximum atomic E-state index is 11.2. The summed E-state index contributed by atoms with van der Waals surface area (Å²) in [5.74, 6) is 0. The minimum atomic E-state index is 0.00370. The Morgan fingerprint density at radius 3 is 2.46 bits per heavy atom. The summed E-state index contributed by atoms with van der Waals surface area (Å²) in [5, 5.41) is 2.93. The average Bonchev–Trinajstić information content (AvgIpc) is 2.04. The third kappa shape index (κ3) is 6.43. The monoisotopic (exact) mass is 186 g/mol. The molecule has 0 aromatic heterocycles.